The van der Waals surface area contributed by atoms with E-state index in [0.29, 0.717) is 18.8 Å². The number of aliphatic carboxylic acids is 1. The third kappa shape index (κ3) is 3.95. The van der Waals surface area contributed by atoms with Crippen LogP contribution in [0.5, 0.6) is 0 Å². The number of nitrogens with zero attached hydrogens (tertiary/aromatic N) is 4. The molecular formula is C24H24N4O5. The topological polar surface area (TPSA) is 107 Å². The average molecular weight is 448 g/mol. The van der Waals surface area contributed by atoms with Crippen molar-refractivity contribution in [2.75, 3.05) is 26.8 Å². The lowest BCUT2D eigenvalue weighted by Gasteiger charge is -2.19. The summed E-state index contributed by atoms with van der Waals surface area (Å²) >= 11 is 0. The molecule has 33 heavy (non-hydrogen) atoms. The number of carboxylic acid groups (broad SMARTS) is 1. The first-order valence-corrected chi connectivity index (χ1v) is 10.8. The standard InChI is InChI=1S/C24H24N4O5/c1-32-22-12-27(10-19(22)21-11-28(26-25-21)13-23(29)30)24(31)33-14-20-17-8-4-2-6-15(17)16-7-3-5-9-18(16)20/h2-9,11,19-20,22H,10,12-14H2,1H3,(H,29,30)/t19-,22+/m1/s1. The zero-order valence-electron chi connectivity index (χ0n) is 18.1. The van der Waals surface area contributed by atoms with E-state index >= 15 is 0 Å². The molecule has 5 rings (SSSR count). The predicted octanol–water partition coefficient (Wildman–Crippen LogP) is 2.73. The highest BCUT2D eigenvalue weighted by Crippen LogP contribution is 2.44. The van der Waals surface area contributed by atoms with Gasteiger partial charge in [0.05, 0.1) is 24.3 Å². The molecular weight excluding hydrogens is 424 g/mol. The number of hydrogen-bond donors (Lipinski definition) is 1. The molecule has 1 fully saturated rings. The molecule has 0 spiro atoms. The third-order valence-corrected chi connectivity index (χ3v) is 6.40. The van der Waals surface area contributed by atoms with Crippen LogP contribution in [0.4, 0.5) is 4.79 Å². The lowest BCUT2D eigenvalue weighted by atomic mass is 9.98. The summed E-state index contributed by atoms with van der Waals surface area (Å²) in [5.74, 6) is -1.21. The normalized spacial score (nSPS) is 19.4. The predicted molar refractivity (Wildman–Crippen MR) is 118 cm³/mol. The second kappa shape index (κ2) is 8.67. The molecule has 9 nitrogen and oxygen atoms in total. The van der Waals surface area contributed by atoms with Crippen LogP contribution >= 0.6 is 0 Å². The summed E-state index contributed by atoms with van der Waals surface area (Å²) in [5, 5.41) is 16.9. The minimum atomic E-state index is -0.999. The van der Waals surface area contributed by atoms with Crippen molar-refractivity contribution in [1.82, 2.24) is 19.9 Å². The van der Waals surface area contributed by atoms with E-state index < -0.39 is 12.1 Å². The van der Waals surface area contributed by atoms with Crippen LogP contribution < -0.4 is 0 Å². The number of rotatable bonds is 6. The van der Waals surface area contributed by atoms with E-state index in [1.165, 1.54) is 15.8 Å². The van der Waals surface area contributed by atoms with Crippen molar-refractivity contribution in [3.05, 3.63) is 71.5 Å². The molecule has 170 valence electrons. The Balaban J connectivity index is 1.27. The molecule has 1 aromatic heterocycles. The average Bonchev–Trinajstić information content (AvgIpc) is 3.53. The fourth-order valence-electron chi connectivity index (χ4n) is 4.83. The van der Waals surface area contributed by atoms with E-state index in [2.05, 4.69) is 34.6 Å². The number of ether oxygens (including phenoxy) is 2. The first-order chi connectivity index (χ1) is 16.0. The molecule has 1 amide bonds. The van der Waals surface area contributed by atoms with Gasteiger partial charge in [0.1, 0.15) is 13.2 Å². The Hall–Kier alpha value is -3.72. The van der Waals surface area contributed by atoms with Crippen molar-refractivity contribution in [3.63, 3.8) is 0 Å². The molecule has 0 bridgehead atoms. The van der Waals surface area contributed by atoms with Gasteiger partial charge in [-0.25, -0.2) is 9.48 Å². The lowest BCUT2D eigenvalue weighted by Crippen LogP contribution is -2.31. The van der Waals surface area contributed by atoms with E-state index in [9.17, 15) is 9.59 Å². The van der Waals surface area contributed by atoms with Crippen molar-refractivity contribution in [2.24, 2.45) is 0 Å². The van der Waals surface area contributed by atoms with Gasteiger partial charge < -0.3 is 19.5 Å². The first kappa shape index (κ1) is 21.1. The molecule has 0 saturated carbocycles. The maximum atomic E-state index is 12.9. The smallest absolute Gasteiger partial charge is 0.409 e. The van der Waals surface area contributed by atoms with E-state index in [1.54, 1.807) is 18.2 Å². The zero-order chi connectivity index (χ0) is 22.9. The van der Waals surface area contributed by atoms with Gasteiger partial charge >= 0.3 is 12.1 Å². The first-order valence-electron chi connectivity index (χ1n) is 10.8. The van der Waals surface area contributed by atoms with Crippen LogP contribution in [0.25, 0.3) is 11.1 Å². The monoisotopic (exact) mass is 448 g/mol. The molecule has 0 radical (unpaired) electrons. The number of carboxylic acids is 1. The number of amides is 1. The van der Waals surface area contributed by atoms with Crippen molar-refractivity contribution >= 4 is 12.1 Å². The van der Waals surface area contributed by atoms with Gasteiger partial charge in [-0.3, -0.25) is 4.79 Å². The second-order valence-corrected chi connectivity index (χ2v) is 8.32. The number of methoxy groups -OCH3 is 1. The molecule has 1 N–H and O–H groups in total. The molecule has 0 unspecified atom stereocenters. The Kier molecular flexibility index (Phi) is 5.55. The molecule has 2 atom stereocenters. The summed E-state index contributed by atoms with van der Waals surface area (Å²) in [6, 6.07) is 16.4. The van der Waals surface area contributed by atoms with Crippen molar-refractivity contribution in [2.45, 2.75) is 24.5 Å². The van der Waals surface area contributed by atoms with Crippen LogP contribution in [0.1, 0.15) is 28.7 Å². The maximum absolute atomic E-state index is 12.9. The number of likely N-dealkylation sites (tertiary alicyclic amines) is 1. The summed E-state index contributed by atoms with van der Waals surface area (Å²) in [6.45, 7) is 0.707. The third-order valence-electron chi connectivity index (χ3n) is 6.40. The van der Waals surface area contributed by atoms with Gasteiger partial charge in [0.2, 0.25) is 0 Å². The number of benzene rings is 2. The van der Waals surface area contributed by atoms with Crippen LogP contribution in [-0.4, -0.2) is 70.0 Å². The van der Waals surface area contributed by atoms with Gasteiger partial charge in [0.25, 0.3) is 0 Å². The van der Waals surface area contributed by atoms with Crippen LogP contribution in [0, 0.1) is 0 Å². The Morgan fingerprint density at radius 1 is 1.06 bits per heavy atom. The summed E-state index contributed by atoms with van der Waals surface area (Å²) in [7, 11) is 1.58. The fourth-order valence-corrected chi connectivity index (χ4v) is 4.83. The molecule has 1 aliphatic heterocycles. The Morgan fingerprint density at radius 2 is 1.73 bits per heavy atom. The van der Waals surface area contributed by atoms with Gasteiger partial charge in [-0.05, 0) is 22.3 Å². The summed E-state index contributed by atoms with van der Waals surface area (Å²) in [5.41, 5.74) is 5.28. The number of fused-ring (bicyclic) bond motifs is 3. The highest BCUT2D eigenvalue weighted by atomic mass is 16.6. The van der Waals surface area contributed by atoms with E-state index in [4.69, 9.17) is 14.6 Å². The minimum Gasteiger partial charge on any atom is -0.480 e. The van der Waals surface area contributed by atoms with Crippen LogP contribution in [0.15, 0.2) is 54.7 Å². The Labute approximate surface area is 190 Å². The minimum absolute atomic E-state index is 0.00566. The number of carbonyl (C=O) groups excluding carboxylic acids is 1. The largest absolute Gasteiger partial charge is 0.480 e. The second-order valence-electron chi connectivity index (χ2n) is 8.32. The maximum Gasteiger partial charge on any atom is 0.409 e. The van der Waals surface area contributed by atoms with Gasteiger partial charge in [-0.1, -0.05) is 53.7 Å². The molecule has 3 aromatic rings. The number of hydrogen-bond acceptors (Lipinski definition) is 6. The lowest BCUT2D eigenvalue weighted by molar-refractivity contribution is -0.137. The van der Waals surface area contributed by atoms with E-state index in [0.717, 1.165) is 11.1 Å². The molecule has 2 aromatic carbocycles. The van der Waals surface area contributed by atoms with Gasteiger partial charge in [0, 0.05) is 25.8 Å². The Morgan fingerprint density at radius 3 is 2.36 bits per heavy atom. The number of aromatic nitrogens is 3. The van der Waals surface area contributed by atoms with Crippen LogP contribution in [-0.2, 0) is 20.8 Å². The summed E-state index contributed by atoms with van der Waals surface area (Å²) in [4.78, 5) is 25.5. The van der Waals surface area contributed by atoms with E-state index in [1.807, 2.05) is 24.3 Å². The summed E-state index contributed by atoms with van der Waals surface area (Å²) < 4.78 is 12.6. The molecule has 1 saturated heterocycles. The molecule has 2 heterocycles. The fraction of sp³-hybridized carbons (Fsp3) is 0.333. The van der Waals surface area contributed by atoms with E-state index in [-0.39, 0.29) is 31.1 Å². The highest BCUT2D eigenvalue weighted by molar-refractivity contribution is 5.79. The highest BCUT2D eigenvalue weighted by Gasteiger charge is 2.39. The summed E-state index contributed by atoms with van der Waals surface area (Å²) in [6.07, 6.45) is 0.909. The molecule has 9 heteroatoms. The molecule has 1 aliphatic carbocycles. The number of carbonyl (C=O) groups is 2. The Bertz CT molecular complexity index is 1150. The molecule has 2 aliphatic rings. The zero-order valence-corrected chi connectivity index (χ0v) is 18.1. The van der Waals surface area contributed by atoms with Crippen LogP contribution in [0.3, 0.4) is 0 Å². The van der Waals surface area contributed by atoms with Crippen LogP contribution in [0.2, 0.25) is 0 Å². The van der Waals surface area contributed by atoms with Gasteiger partial charge in [-0.15, -0.1) is 5.10 Å². The van der Waals surface area contributed by atoms with Crippen molar-refractivity contribution in [1.29, 1.82) is 0 Å². The van der Waals surface area contributed by atoms with Gasteiger partial charge in [0.15, 0.2) is 0 Å². The quantitative estimate of drug-likeness (QED) is 0.618. The van der Waals surface area contributed by atoms with Gasteiger partial charge in [-0.2, -0.15) is 0 Å². The van der Waals surface area contributed by atoms with Crippen molar-refractivity contribution in [3.8, 4) is 11.1 Å². The van der Waals surface area contributed by atoms with Crippen molar-refractivity contribution < 1.29 is 24.2 Å². The SMILES string of the molecule is CO[C@H]1CN(C(=O)OCC2c3ccccc3-c3ccccc32)C[C@@H]1c1cn(CC(=O)O)nn1.